The minimum atomic E-state index is 0.560. The summed E-state index contributed by atoms with van der Waals surface area (Å²) in [5.74, 6) is 0.926. The van der Waals surface area contributed by atoms with E-state index in [1.54, 1.807) is 0 Å². The number of hydrogen-bond donors (Lipinski definition) is 1. The van der Waals surface area contributed by atoms with E-state index in [9.17, 15) is 0 Å². The van der Waals surface area contributed by atoms with Crippen LogP contribution in [0.4, 0.5) is 0 Å². The van der Waals surface area contributed by atoms with E-state index in [2.05, 4.69) is 31.1 Å². The van der Waals surface area contributed by atoms with E-state index in [0.717, 1.165) is 12.0 Å². The number of likely N-dealkylation sites (tertiary alicyclic amines) is 1. The molecule has 0 aromatic carbocycles. The minimum Gasteiger partial charge on any atom is -0.319 e. The predicted molar refractivity (Wildman–Crippen MR) is 78.9 cm³/mol. The Balaban J connectivity index is 2.00. The molecule has 0 spiro atoms. The van der Waals surface area contributed by atoms with E-state index in [4.69, 9.17) is 0 Å². The molecule has 1 N–H and O–H groups in total. The van der Waals surface area contributed by atoms with Crippen molar-refractivity contribution in [1.29, 1.82) is 0 Å². The first-order chi connectivity index (χ1) is 8.69. The van der Waals surface area contributed by atoms with E-state index >= 15 is 0 Å². The molecule has 1 saturated carbocycles. The first-order valence-corrected chi connectivity index (χ1v) is 8.08. The van der Waals surface area contributed by atoms with Crippen molar-refractivity contribution < 1.29 is 0 Å². The van der Waals surface area contributed by atoms with Crippen LogP contribution in [-0.2, 0) is 0 Å². The molecule has 0 bridgehead atoms. The third-order valence-corrected chi connectivity index (χ3v) is 5.25. The van der Waals surface area contributed by atoms with Gasteiger partial charge in [0.25, 0.3) is 0 Å². The van der Waals surface area contributed by atoms with Gasteiger partial charge in [-0.3, -0.25) is 4.90 Å². The Labute approximate surface area is 114 Å². The van der Waals surface area contributed by atoms with Crippen LogP contribution in [0.15, 0.2) is 0 Å². The number of nitrogens with zero attached hydrogens (tertiary/aromatic N) is 1. The van der Waals surface area contributed by atoms with Gasteiger partial charge in [0.05, 0.1) is 0 Å². The smallest absolute Gasteiger partial charge is 0.00933 e. The molecule has 3 atom stereocenters. The summed E-state index contributed by atoms with van der Waals surface area (Å²) in [6, 6.07) is 0.871. The summed E-state index contributed by atoms with van der Waals surface area (Å²) in [7, 11) is 2.13. The normalized spacial score (nSPS) is 38.2. The van der Waals surface area contributed by atoms with Gasteiger partial charge >= 0.3 is 0 Å². The standard InChI is InChI=1S/C16H32N2/c1-4-15-8-6-10-18(15)13-16(12-17-3)9-5-7-14(2)11-16/h14-15,17H,4-13H2,1-3H3. The Hall–Kier alpha value is -0.0800. The molecule has 0 radical (unpaired) electrons. The van der Waals surface area contributed by atoms with Crippen molar-refractivity contribution in [1.82, 2.24) is 10.2 Å². The Bertz CT molecular complexity index is 249. The zero-order valence-electron chi connectivity index (χ0n) is 12.7. The third kappa shape index (κ3) is 3.27. The molecular formula is C16H32N2. The van der Waals surface area contributed by atoms with Gasteiger partial charge in [-0.05, 0) is 57.0 Å². The highest BCUT2D eigenvalue weighted by Gasteiger charge is 2.38. The highest BCUT2D eigenvalue weighted by Crippen LogP contribution is 2.40. The Morgan fingerprint density at radius 3 is 2.78 bits per heavy atom. The number of nitrogens with one attached hydrogen (secondary N) is 1. The molecule has 2 aliphatic rings. The summed E-state index contributed by atoms with van der Waals surface area (Å²) in [5.41, 5.74) is 0.560. The highest BCUT2D eigenvalue weighted by molar-refractivity contribution is 4.92. The van der Waals surface area contributed by atoms with E-state index in [0.29, 0.717) is 5.41 Å². The van der Waals surface area contributed by atoms with Crippen molar-refractivity contribution in [3.05, 3.63) is 0 Å². The van der Waals surface area contributed by atoms with Gasteiger partial charge in [0.2, 0.25) is 0 Å². The predicted octanol–water partition coefficient (Wildman–Crippen LogP) is 3.28. The molecule has 1 aliphatic heterocycles. The van der Waals surface area contributed by atoms with Crippen LogP contribution in [0.5, 0.6) is 0 Å². The van der Waals surface area contributed by atoms with Crippen molar-refractivity contribution in [3.63, 3.8) is 0 Å². The lowest BCUT2D eigenvalue weighted by Gasteiger charge is -2.44. The summed E-state index contributed by atoms with van der Waals surface area (Å²) >= 11 is 0. The summed E-state index contributed by atoms with van der Waals surface area (Å²) in [6.07, 6.45) is 9.94. The van der Waals surface area contributed by atoms with Gasteiger partial charge in [0.15, 0.2) is 0 Å². The van der Waals surface area contributed by atoms with Crippen LogP contribution in [0.25, 0.3) is 0 Å². The van der Waals surface area contributed by atoms with E-state index in [-0.39, 0.29) is 0 Å². The van der Waals surface area contributed by atoms with Crippen molar-refractivity contribution in [2.45, 2.75) is 64.8 Å². The monoisotopic (exact) mass is 252 g/mol. The Kier molecular flexibility index (Phi) is 5.08. The molecule has 18 heavy (non-hydrogen) atoms. The molecule has 2 rings (SSSR count). The zero-order chi connectivity index (χ0) is 13.0. The molecule has 0 amide bonds. The molecule has 3 unspecified atom stereocenters. The van der Waals surface area contributed by atoms with Crippen LogP contribution in [0.2, 0.25) is 0 Å². The molecule has 0 aromatic rings. The molecule has 2 nitrogen and oxygen atoms in total. The Morgan fingerprint density at radius 2 is 2.11 bits per heavy atom. The van der Waals surface area contributed by atoms with E-state index in [1.165, 1.54) is 64.6 Å². The van der Waals surface area contributed by atoms with E-state index < -0.39 is 0 Å². The fourth-order valence-corrected chi connectivity index (χ4v) is 4.50. The van der Waals surface area contributed by atoms with Gasteiger partial charge in [-0.2, -0.15) is 0 Å². The second kappa shape index (κ2) is 6.38. The second-order valence-corrected chi connectivity index (χ2v) is 6.91. The van der Waals surface area contributed by atoms with Crippen molar-refractivity contribution in [2.24, 2.45) is 11.3 Å². The Morgan fingerprint density at radius 1 is 1.28 bits per heavy atom. The van der Waals surface area contributed by atoms with E-state index in [1.807, 2.05) is 0 Å². The maximum atomic E-state index is 3.48. The van der Waals surface area contributed by atoms with Gasteiger partial charge in [-0.25, -0.2) is 0 Å². The van der Waals surface area contributed by atoms with Gasteiger partial charge in [0, 0.05) is 19.1 Å². The van der Waals surface area contributed by atoms with Crippen LogP contribution >= 0.6 is 0 Å². The third-order valence-electron chi connectivity index (χ3n) is 5.25. The fourth-order valence-electron chi connectivity index (χ4n) is 4.50. The lowest BCUT2D eigenvalue weighted by Crippen LogP contribution is -2.47. The molecule has 1 heterocycles. The summed E-state index contributed by atoms with van der Waals surface area (Å²) < 4.78 is 0. The van der Waals surface area contributed by atoms with Gasteiger partial charge in [-0.1, -0.05) is 26.7 Å². The first-order valence-electron chi connectivity index (χ1n) is 8.08. The highest BCUT2D eigenvalue weighted by atomic mass is 15.2. The van der Waals surface area contributed by atoms with Crippen LogP contribution in [-0.4, -0.2) is 37.6 Å². The second-order valence-electron chi connectivity index (χ2n) is 6.91. The van der Waals surface area contributed by atoms with Crippen LogP contribution in [0.1, 0.15) is 58.8 Å². The molecular weight excluding hydrogens is 220 g/mol. The summed E-state index contributed by atoms with van der Waals surface area (Å²) in [5, 5.41) is 3.48. The molecule has 106 valence electrons. The van der Waals surface area contributed by atoms with Crippen molar-refractivity contribution in [3.8, 4) is 0 Å². The average Bonchev–Trinajstić information content (AvgIpc) is 2.76. The number of rotatable bonds is 5. The first kappa shape index (κ1) is 14.3. The van der Waals surface area contributed by atoms with Gasteiger partial charge < -0.3 is 5.32 Å². The van der Waals surface area contributed by atoms with Crippen LogP contribution in [0.3, 0.4) is 0 Å². The topological polar surface area (TPSA) is 15.3 Å². The van der Waals surface area contributed by atoms with Crippen LogP contribution < -0.4 is 5.32 Å². The summed E-state index contributed by atoms with van der Waals surface area (Å²) in [6.45, 7) is 8.71. The fraction of sp³-hybridized carbons (Fsp3) is 1.00. The largest absolute Gasteiger partial charge is 0.319 e. The van der Waals surface area contributed by atoms with Gasteiger partial charge in [0.1, 0.15) is 0 Å². The minimum absolute atomic E-state index is 0.560. The zero-order valence-corrected chi connectivity index (χ0v) is 12.7. The number of hydrogen-bond acceptors (Lipinski definition) is 2. The van der Waals surface area contributed by atoms with Gasteiger partial charge in [-0.15, -0.1) is 0 Å². The lowest BCUT2D eigenvalue weighted by molar-refractivity contribution is 0.0747. The molecule has 2 heteroatoms. The maximum absolute atomic E-state index is 3.48. The maximum Gasteiger partial charge on any atom is 0.00933 e. The quantitative estimate of drug-likeness (QED) is 0.808. The van der Waals surface area contributed by atoms with Crippen molar-refractivity contribution in [2.75, 3.05) is 26.7 Å². The molecule has 1 saturated heterocycles. The van der Waals surface area contributed by atoms with Crippen LogP contribution in [0, 0.1) is 11.3 Å². The molecule has 2 fully saturated rings. The average molecular weight is 252 g/mol. The SMILES string of the molecule is CCC1CCCN1CC1(CNC)CCCC(C)C1. The molecule has 1 aliphatic carbocycles. The molecule has 0 aromatic heterocycles. The van der Waals surface area contributed by atoms with Crippen molar-refractivity contribution >= 4 is 0 Å². The summed E-state index contributed by atoms with van der Waals surface area (Å²) in [4.78, 5) is 2.80. The lowest BCUT2D eigenvalue weighted by atomic mass is 9.69.